The number of hydrogen-bond acceptors (Lipinski definition) is 3. The quantitative estimate of drug-likeness (QED) is 0.833. The van der Waals surface area contributed by atoms with E-state index in [1.807, 2.05) is 0 Å². The summed E-state index contributed by atoms with van der Waals surface area (Å²) in [5.41, 5.74) is 0.816. The second-order valence-corrected chi connectivity index (χ2v) is 3.62. The molecule has 88 valence electrons. The van der Waals surface area contributed by atoms with Gasteiger partial charge in [-0.05, 0) is 6.07 Å². The highest BCUT2D eigenvalue weighted by atomic mass is 16.5. The van der Waals surface area contributed by atoms with E-state index in [9.17, 15) is 9.59 Å². The van der Waals surface area contributed by atoms with Crippen LogP contribution in [-0.4, -0.2) is 23.2 Å². The number of aromatic nitrogens is 1. The van der Waals surface area contributed by atoms with Crippen molar-refractivity contribution in [2.24, 2.45) is 0 Å². The zero-order chi connectivity index (χ0) is 12.4. The number of H-pyrrole nitrogens is 1. The van der Waals surface area contributed by atoms with Crippen molar-refractivity contribution in [3.63, 3.8) is 0 Å². The number of aromatic amines is 1. The Balaban J connectivity index is 2.71. The first-order chi connectivity index (χ1) is 8.11. The predicted octanol–water partition coefficient (Wildman–Crippen LogP) is 1.16. The minimum absolute atomic E-state index is 0.143. The van der Waals surface area contributed by atoms with Crippen molar-refractivity contribution < 1.29 is 14.6 Å². The molecule has 5 nitrogen and oxygen atoms in total. The number of carbonyl (C=O) groups is 1. The van der Waals surface area contributed by atoms with Gasteiger partial charge < -0.3 is 14.8 Å². The molecule has 2 rings (SSSR count). The molecule has 1 aromatic heterocycles. The Morgan fingerprint density at radius 3 is 2.71 bits per heavy atom. The van der Waals surface area contributed by atoms with E-state index in [0.29, 0.717) is 16.8 Å². The van der Waals surface area contributed by atoms with Gasteiger partial charge in [0.2, 0.25) is 5.56 Å². The Morgan fingerprint density at radius 2 is 2.06 bits per heavy atom. The van der Waals surface area contributed by atoms with Gasteiger partial charge in [-0.2, -0.15) is 0 Å². The van der Waals surface area contributed by atoms with E-state index in [4.69, 9.17) is 9.84 Å². The molecule has 0 saturated heterocycles. The van der Waals surface area contributed by atoms with Crippen LogP contribution in [0.15, 0.2) is 29.1 Å². The van der Waals surface area contributed by atoms with Gasteiger partial charge >= 0.3 is 5.97 Å². The molecule has 0 unspecified atom stereocenters. The van der Waals surface area contributed by atoms with Gasteiger partial charge in [0, 0.05) is 17.0 Å². The number of nitrogens with one attached hydrogen (secondary N) is 1. The normalized spacial score (nSPS) is 10.4. The van der Waals surface area contributed by atoms with Gasteiger partial charge in [0.25, 0.3) is 0 Å². The minimum Gasteiger partial charge on any atom is -0.494 e. The first-order valence-electron chi connectivity index (χ1n) is 5.02. The van der Waals surface area contributed by atoms with E-state index in [1.54, 1.807) is 18.2 Å². The van der Waals surface area contributed by atoms with E-state index in [1.165, 1.54) is 13.2 Å². The number of methoxy groups -OCH3 is 1. The van der Waals surface area contributed by atoms with Crippen LogP contribution in [0.1, 0.15) is 5.56 Å². The zero-order valence-electron chi connectivity index (χ0n) is 9.19. The molecule has 1 heterocycles. The summed E-state index contributed by atoms with van der Waals surface area (Å²) in [5, 5.41) is 9.59. The third kappa shape index (κ3) is 2.13. The van der Waals surface area contributed by atoms with Gasteiger partial charge in [0.05, 0.1) is 19.0 Å². The van der Waals surface area contributed by atoms with Crippen LogP contribution in [0.3, 0.4) is 0 Å². The number of rotatable bonds is 3. The molecule has 0 radical (unpaired) electrons. The van der Waals surface area contributed by atoms with E-state index in [2.05, 4.69) is 4.98 Å². The lowest BCUT2D eigenvalue weighted by Crippen LogP contribution is -2.07. The molecule has 0 amide bonds. The van der Waals surface area contributed by atoms with Crippen LogP contribution in [0.4, 0.5) is 0 Å². The van der Waals surface area contributed by atoms with Gasteiger partial charge in [-0.15, -0.1) is 0 Å². The molecule has 0 spiro atoms. The predicted molar refractivity (Wildman–Crippen MR) is 62.5 cm³/mol. The molecular formula is C12H11NO4. The van der Waals surface area contributed by atoms with Gasteiger partial charge in [-0.25, -0.2) is 0 Å². The Hall–Kier alpha value is -2.30. The van der Waals surface area contributed by atoms with Crippen molar-refractivity contribution in [2.75, 3.05) is 7.11 Å². The lowest BCUT2D eigenvalue weighted by molar-refractivity contribution is -0.136. The molecule has 0 bridgehead atoms. The first-order valence-corrected chi connectivity index (χ1v) is 5.02. The fourth-order valence-electron chi connectivity index (χ4n) is 1.77. The molecular weight excluding hydrogens is 222 g/mol. The summed E-state index contributed by atoms with van der Waals surface area (Å²) < 4.78 is 5.18. The molecule has 17 heavy (non-hydrogen) atoms. The van der Waals surface area contributed by atoms with Crippen molar-refractivity contribution in [1.29, 1.82) is 0 Å². The molecule has 0 aliphatic carbocycles. The van der Waals surface area contributed by atoms with Crippen LogP contribution in [0.5, 0.6) is 5.75 Å². The lowest BCUT2D eigenvalue weighted by Gasteiger charge is -2.09. The maximum absolute atomic E-state index is 11.3. The highest BCUT2D eigenvalue weighted by Crippen LogP contribution is 2.27. The third-order valence-electron chi connectivity index (χ3n) is 2.48. The van der Waals surface area contributed by atoms with Crippen molar-refractivity contribution in [1.82, 2.24) is 4.98 Å². The summed E-state index contributed by atoms with van der Waals surface area (Å²) in [5.74, 6) is -0.538. The van der Waals surface area contributed by atoms with Crippen LogP contribution < -0.4 is 10.3 Å². The van der Waals surface area contributed by atoms with E-state index < -0.39 is 5.97 Å². The summed E-state index contributed by atoms with van der Waals surface area (Å²) >= 11 is 0. The molecule has 0 fully saturated rings. The molecule has 0 atom stereocenters. The monoisotopic (exact) mass is 233 g/mol. The number of carboxylic acids is 1. The molecule has 0 saturated carbocycles. The number of pyridine rings is 1. The van der Waals surface area contributed by atoms with Crippen LogP contribution in [0.2, 0.25) is 0 Å². The van der Waals surface area contributed by atoms with Crippen LogP contribution >= 0.6 is 0 Å². The Labute approximate surface area is 96.7 Å². The van der Waals surface area contributed by atoms with Crippen molar-refractivity contribution in [2.45, 2.75) is 6.42 Å². The summed E-state index contributed by atoms with van der Waals surface area (Å²) in [6.45, 7) is 0. The van der Waals surface area contributed by atoms with Gasteiger partial charge in [-0.1, -0.05) is 12.1 Å². The molecule has 1 aromatic carbocycles. The number of ether oxygens (including phenoxy) is 1. The first kappa shape index (κ1) is 11.2. The molecule has 0 aliphatic heterocycles. The maximum atomic E-state index is 11.3. The highest BCUT2D eigenvalue weighted by molar-refractivity contribution is 5.87. The summed E-state index contributed by atoms with van der Waals surface area (Å²) in [7, 11) is 1.45. The standard InChI is InChI=1S/C12H11NO4/c1-17-12-8(6-10(15)16)3-2-7-4-5-9(14)13-11(7)12/h2-5H,6H2,1H3,(H,13,14)(H,15,16). The molecule has 5 heteroatoms. The lowest BCUT2D eigenvalue weighted by atomic mass is 10.1. The number of aliphatic carboxylic acids is 1. The van der Waals surface area contributed by atoms with Gasteiger partial charge in [0.15, 0.2) is 0 Å². The topological polar surface area (TPSA) is 79.4 Å². The maximum Gasteiger partial charge on any atom is 0.307 e. The number of carboxylic acid groups (broad SMARTS) is 1. The zero-order valence-corrected chi connectivity index (χ0v) is 9.19. The summed E-state index contributed by atoms with van der Waals surface area (Å²) in [4.78, 5) is 24.6. The van der Waals surface area contributed by atoms with Crippen LogP contribution in [-0.2, 0) is 11.2 Å². The van der Waals surface area contributed by atoms with Gasteiger partial charge in [-0.3, -0.25) is 9.59 Å². The highest BCUT2D eigenvalue weighted by Gasteiger charge is 2.11. The SMILES string of the molecule is COc1c(CC(=O)O)ccc2ccc(=O)[nH]c12. The van der Waals surface area contributed by atoms with Crippen LogP contribution in [0.25, 0.3) is 10.9 Å². The van der Waals surface area contributed by atoms with Crippen molar-refractivity contribution >= 4 is 16.9 Å². The number of hydrogen-bond donors (Lipinski definition) is 2. The Morgan fingerprint density at radius 1 is 1.35 bits per heavy atom. The third-order valence-corrected chi connectivity index (χ3v) is 2.48. The smallest absolute Gasteiger partial charge is 0.307 e. The Bertz CT molecular complexity index is 630. The van der Waals surface area contributed by atoms with E-state index >= 15 is 0 Å². The van der Waals surface area contributed by atoms with Crippen LogP contribution in [0, 0.1) is 0 Å². The number of fused-ring (bicyclic) bond motifs is 1. The average molecular weight is 233 g/mol. The molecule has 2 N–H and O–H groups in total. The molecule has 0 aliphatic rings. The van der Waals surface area contributed by atoms with E-state index in [0.717, 1.165) is 5.39 Å². The minimum atomic E-state index is -0.944. The summed E-state index contributed by atoms with van der Waals surface area (Å²) in [6, 6.07) is 6.53. The largest absolute Gasteiger partial charge is 0.494 e. The van der Waals surface area contributed by atoms with Crippen molar-refractivity contribution in [3.8, 4) is 5.75 Å². The summed E-state index contributed by atoms with van der Waals surface area (Å²) in [6.07, 6.45) is -0.143. The fourth-order valence-corrected chi connectivity index (χ4v) is 1.77. The second-order valence-electron chi connectivity index (χ2n) is 3.62. The van der Waals surface area contributed by atoms with Crippen molar-refractivity contribution in [3.05, 3.63) is 40.2 Å². The fraction of sp³-hybridized carbons (Fsp3) is 0.167. The molecule has 2 aromatic rings. The second kappa shape index (κ2) is 4.29. The Kier molecular flexibility index (Phi) is 2.82. The van der Waals surface area contributed by atoms with Gasteiger partial charge in [0.1, 0.15) is 5.75 Å². The average Bonchev–Trinajstić information content (AvgIpc) is 2.28. The number of benzene rings is 1. The van der Waals surface area contributed by atoms with E-state index in [-0.39, 0.29) is 12.0 Å².